The smallest absolute Gasteiger partial charge is 0.262 e. The van der Waals surface area contributed by atoms with E-state index in [1.807, 2.05) is 0 Å². The molecule has 1 N–H and O–H groups in total. The molecule has 0 amide bonds. The molecule has 0 spiro atoms. The third-order valence-electron chi connectivity index (χ3n) is 6.00. The minimum atomic E-state index is -2.61. The summed E-state index contributed by atoms with van der Waals surface area (Å²) in [5.41, 5.74) is 0.195. The summed E-state index contributed by atoms with van der Waals surface area (Å²) in [6.45, 7) is 1.76. The average Bonchev–Trinajstić information content (AvgIpc) is 3.21. The minimum absolute atomic E-state index is 0.0176. The number of rotatable bonds is 3. The predicted molar refractivity (Wildman–Crippen MR) is 94.4 cm³/mol. The summed E-state index contributed by atoms with van der Waals surface area (Å²) in [5.74, 6) is -0.920. The highest BCUT2D eigenvalue weighted by Gasteiger charge is 2.40. The van der Waals surface area contributed by atoms with E-state index in [-0.39, 0.29) is 36.3 Å². The van der Waals surface area contributed by atoms with Gasteiger partial charge in [0.15, 0.2) is 11.5 Å². The van der Waals surface area contributed by atoms with Crippen LogP contribution in [-0.4, -0.2) is 35.8 Å². The molecule has 2 saturated carbocycles. The van der Waals surface area contributed by atoms with Gasteiger partial charge in [0, 0.05) is 24.7 Å². The number of hydrogen-bond acceptors (Lipinski definition) is 6. The van der Waals surface area contributed by atoms with E-state index in [0.29, 0.717) is 41.4 Å². The number of nitrogens with one attached hydrogen (secondary N) is 1. The summed E-state index contributed by atoms with van der Waals surface area (Å²) in [6, 6.07) is -0.171. The third-order valence-corrected chi connectivity index (χ3v) is 6.00. The fourth-order valence-electron chi connectivity index (χ4n) is 4.25. The van der Waals surface area contributed by atoms with Crippen molar-refractivity contribution in [2.45, 2.75) is 69.2 Å². The molecule has 2 atom stereocenters. The zero-order valence-corrected chi connectivity index (χ0v) is 15.4. The Morgan fingerprint density at radius 2 is 1.93 bits per heavy atom. The van der Waals surface area contributed by atoms with Crippen LogP contribution in [0.4, 0.5) is 8.78 Å². The topological polar surface area (TPSA) is 102 Å². The molecule has 0 bridgehead atoms. The number of aromatic nitrogens is 6. The average molecular weight is 390 g/mol. The molecule has 2 aliphatic carbocycles. The number of aryl methyl sites for hydroxylation is 1. The molecule has 2 fully saturated rings. The lowest BCUT2D eigenvalue weighted by Gasteiger charge is -2.33. The number of H-pyrrole nitrogens is 1. The summed E-state index contributed by atoms with van der Waals surface area (Å²) in [7, 11) is 0. The number of fused-ring (bicyclic) bond motifs is 1. The number of hydrogen-bond donors (Lipinski definition) is 1. The lowest BCUT2D eigenvalue weighted by atomic mass is 9.73. The fraction of sp³-hybridized carbons (Fsp3) is 0.611. The molecule has 8 nitrogen and oxygen atoms in total. The van der Waals surface area contributed by atoms with Crippen LogP contribution in [0.1, 0.15) is 73.9 Å². The van der Waals surface area contributed by atoms with Crippen molar-refractivity contribution >= 4 is 11.0 Å². The monoisotopic (exact) mass is 390 g/mol. The van der Waals surface area contributed by atoms with Crippen LogP contribution in [0.2, 0.25) is 0 Å². The number of alkyl halides is 2. The molecule has 0 saturated heterocycles. The SMILES string of the molecule is Cc1noc(C2CCC2c2nc3c(cnn3C3CCC(F)(F)CC3)c(=O)[nH]2)n1. The summed E-state index contributed by atoms with van der Waals surface area (Å²) < 4.78 is 34.0. The molecule has 28 heavy (non-hydrogen) atoms. The van der Waals surface area contributed by atoms with Crippen molar-refractivity contribution in [3.8, 4) is 0 Å². The van der Waals surface area contributed by atoms with Gasteiger partial charge in [-0.25, -0.2) is 18.4 Å². The van der Waals surface area contributed by atoms with Gasteiger partial charge in [0.05, 0.1) is 12.2 Å². The summed E-state index contributed by atoms with van der Waals surface area (Å²) in [6.07, 6.45) is 3.50. The molecular weight excluding hydrogens is 370 g/mol. The van der Waals surface area contributed by atoms with E-state index in [0.717, 1.165) is 12.8 Å². The van der Waals surface area contributed by atoms with Gasteiger partial charge in [-0.05, 0) is 32.6 Å². The maximum absolute atomic E-state index is 13.5. The second-order valence-electron chi connectivity index (χ2n) is 7.83. The molecule has 2 aliphatic rings. The fourth-order valence-corrected chi connectivity index (χ4v) is 4.25. The van der Waals surface area contributed by atoms with Crippen LogP contribution in [0.15, 0.2) is 15.5 Å². The lowest BCUT2D eigenvalue weighted by molar-refractivity contribution is -0.0446. The highest BCUT2D eigenvalue weighted by Crippen LogP contribution is 2.47. The van der Waals surface area contributed by atoms with Crippen molar-refractivity contribution in [3.05, 3.63) is 34.1 Å². The van der Waals surface area contributed by atoms with Crippen molar-refractivity contribution in [3.63, 3.8) is 0 Å². The zero-order chi connectivity index (χ0) is 19.5. The largest absolute Gasteiger partial charge is 0.339 e. The van der Waals surface area contributed by atoms with E-state index in [9.17, 15) is 13.6 Å². The zero-order valence-electron chi connectivity index (χ0n) is 15.4. The Balaban J connectivity index is 1.49. The van der Waals surface area contributed by atoms with Crippen molar-refractivity contribution in [1.29, 1.82) is 0 Å². The lowest BCUT2D eigenvalue weighted by Crippen LogP contribution is -2.28. The van der Waals surface area contributed by atoms with E-state index in [4.69, 9.17) is 4.52 Å². The van der Waals surface area contributed by atoms with Gasteiger partial charge in [0.25, 0.3) is 5.56 Å². The normalized spacial score (nSPS) is 25.1. The molecule has 3 heterocycles. The Kier molecular flexibility index (Phi) is 3.85. The molecule has 10 heteroatoms. The Morgan fingerprint density at radius 1 is 1.18 bits per heavy atom. The molecule has 3 aromatic heterocycles. The Bertz CT molecular complexity index is 1080. The Labute approximate surface area is 158 Å². The van der Waals surface area contributed by atoms with E-state index < -0.39 is 5.92 Å². The summed E-state index contributed by atoms with van der Waals surface area (Å²) in [4.78, 5) is 24.4. The van der Waals surface area contributed by atoms with Gasteiger partial charge in [-0.3, -0.25) is 4.79 Å². The standard InChI is InChI=1S/C18H20F2N6O2/c1-9-22-17(28-25-9)12-3-2-11(12)14-23-15-13(16(27)24-14)8-21-26(15)10-4-6-18(19,20)7-5-10/h8,10-12H,2-7H2,1H3,(H,23,24,27). The first kappa shape index (κ1) is 17.4. The maximum Gasteiger partial charge on any atom is 0.262 e. The maximum atomic E-state index is 13.5. The van der Waals surface area contributed by atoms with E-state index in [1.54, 1.807) is 11.6 Å². The van der Waals surface area contributed by atoms with Crippen LogP contribution < -0.4 is 5.56 Å². The van der Waals surface area contributed by atoms with E-state index in [2.05, 4.69) is 25.2 Å². The molecular formula is C18H20F2N6O2. The predicted octanol–water partition coefficient (Wildman–Crippen LogP) is 3.22. The first-order chi connectivity index (χ1) is 13.4. The van der Waals surface area contributed by atoms with Gasteiger partial charge in [0.2, 0.25) is 11.8 Å². The Hall–Kier alpha value is -2.65. The molecule has 3 aromatic rings. The van der Waals surface area contributed by atoms with Crippen LogP contribution >= 0.6 is 0 Å². The molecule has 5 rings (SSSR count). The van der Waals surface area contributed by atoms with Gasteiger partial charge < -0.3 is 9.51 Å². The molecule has 0 aromatic carbocycles. The second-order valence-corrected chi connectivity index (χ2v) is 7.83. The van der Waals surface area contributed by atoms with Crippen LogP contribution in [-0.2, 0) is 0 Å². The second kappa shape index (κ2) is 6.18. The van der Waals surface area contributed by atoms with Crippen molar-refractivity contribution < 1.29 is 13.3 Å². The van der Waals surface area contributed by atoms with Crippen molar-refractivity contribution in [1.82, 2.24) is 29.9 Å². The van der Waals surface area contributed by atoms with Crippen LogP contribution in [0.25, 0.3) is 11.0 Å². The van der Waals surface area contributed by atoms with E-state index in [1.165, 1.54) is 6.20 Å². The first-order valence-corrected chi connectivity index (χ1v) is 9.57. The summed E-state index contributed by atoms with van der Waals surface area (Å²) in [5, 5.41) is 8.52. The van der Waals surface area contributed by atoms with E-state index >= 15 is 0 Å². The van der Waals surface area contributed by atoms with Crippen molar-refractivity contribution in [2.24, 2.45) is 0 Å². The van der Waals surface area contributed by atoms with Gasteiger partial charge >= 0.3 is 0 Å². The molecule has 2 unspecified atom stereocenters. The van der Waals surface area contributed by atoms with Gasteiger partial charge in [-0.15, -0.1) is 0 Å². The van der Waals surface area contributed by atoms with Crippen molar-refractivity contribution in [2.75, 3.05) is 0 Å². The first-order valence-electron chi connectivity index (χ1n) is 9.57. The molecule has 148 valence electrons. The molecule has 0 aliphatic heterocycles. The highest BCUT2D eigenvalue weighted by atomic mass is 19.3. The van der Waals surface area contributed by atoms with Gasteiger partial charge in [-0.1, -0.05) is 5.16 Å². The quantitative estimate of drug-likeness (QED) is 0.737. The van der Waals surface area contributed by atoms with Crippen LogP contribution in [0.5, 0.6) is 0 Å². The molecule has 0 radical (unpaired) electrons. The van der Waals surface area contributed by atoms with Crippen LogP contribution in [0, 0.1) is 6.92 Å². The van der Waals surface area contributed by atoms with Gasteiger partial charge in [0.1, 0.15) is 11.2 Å². The number of nitrogens with zero attached hydrogens (tertiary/aromatic N) is 5. The number of halogens is 2. The minimum Gasteiger partial charge on any atom is -0.339 e. The number of aromatic amines is 1. The third kappa shape index (κ3) is 2.82. The highest BCUT2D eigenvalue weighted by molar-refractivity contribution is 5.73. The van der Waals surface area contributed by atoms with Gasteiger partial charge in [-0.2, -0.15) is 10.1 Å². The van der Waals surface area contributed by atoms with Crippen LogP contribution in [0.3, 0.4) is 0 Å². The summed E-state index contributed by atoms with van der Waals surface area (Å²) >= 11 is 0. The Morgan fingerprint density at radius 3 is 2.57 bits per heavy atom.